The smallest absolute Gasteiger partial charge is 0.319 e. The van der Waals surface area contributed by atoms with Crippen LogP contribution < -0.4 is 5.32 Å². The molecule has 2 aromatic heterocycles. The summed E-state index contributed by atoms with van der Waals surface area (Å²) in [5.74, 6) is 0.472. The number of anilines is 2. The molecule has 0 aliphatic rings. The molecule has 1 N–H and O–H groups in total. The highest BCUT2D eigenvalue weighted by molar-refractivity contribution is 7.99. The van der Waals surface area contributed by atoms with Crippen LogP contribution in [0.25, 0.3) is 0 Å². The lowest BCUT2D eigenvalue weighted by Gasteiger charge is -2.07. The molecule has 9 heteroatoms. The van der Waals surface area contributed by atoms with E-state index in [2.05, 4.69) is 20.3 Å². The van der Waals surface area contributed by atoms with E-state index in [4.69, 9.17) is 11.6 Å². The SMILES string of the molecule is O=[N+]([O-])c1c(Nc2ccc(Cl)cn2)ncnc1Sc1ccccc1. The van der Waals surface area contributed by atoms with Gasteiger partial charge in [-0.15, -0.1) is 0 Å². The number of nitrogens with one attached hydrogen (secondary N) is 1. The molecule has 0 radical (unpaired) electrons. The van der Waals surface area contributed by atoms with Gasteiger partial charge >= 0.3 is 5.69 Å². The molecule has 0 amide bonds. The summed E-state index contributed by atoms with van der Waals surface area (Å²) in [6, 6.07) is 12.5. The second kappa shape index (κ2) is 7.24. The molecule has 0 fully saturated rings. The second-order valence-corrected chi connectivity index (χ2v) is 6.03. The lowest BCUT2D eigenvalue weighted by molar-refractivity contribution is -0.387. The third-order valence-electron chi connectivity index (χ3n) is 2.90. The van der Waals surface area contributed by atoms with E-state index in [9.17, 15) is 10.1 Å². The maximum Gasteiger partial charge on any atom is 0.343 e. The number of hydrogen-bond donors (Lipinski definition) is 1. The Bertz CT molecular complexity index is 861. The Labute approximate surface area is 146 Å². The fourth-order valence-electron chi connectivity index (χ4n) is 1.86. The van der Waals surface area contributed by atoms with Gasteiger partial charge in [0.05, 0.1) is 9.95 Å². The Hall–Kier alpha value is -2.71. The quantitative estimate of drug-likeness (QED) is 0.411. The summed E-state index contributed by atoms with van der Waals surface area (Å²) in [5, 5.41) is 15.1. The third-order valence-corrected chi connectivity index (χ3v) is 4.13. The number of rotatable bonds is 5. The van der Waals surface area contributed by atoms with Crippen molar-refractivity contribution in [2.24, 2.45) is 0 Å². The molecule has 0 bridgehead atoms. The van der Waals surface area contributed by atoms with Crippen molar-refractivity contribution < 1.29 is 4.92 Å². The molecule has 1 aromatic carbocycles. The molecule has 2 heterocycles. The van der Waals surface area contributed by atoms with Gasteiger partial charge in [0.25, 0.3) is 0 Å². The fourth-order valence-corrected chi connectivity index (χ4v) is 2.86. The zero-order valence-corrected chi connectivity index (χ0v) is 13.7. The topological polar surface area (TPSA) is 93.8 Å². The van der Waals surface area contributed by atoms with E-state index in [0.717, 1.165) is 4.90 Å². The van der Waals surface area contributed by atoms with Gasteiger partial charge in [-0.3, -0.25) is 10.1 Å². The maximum absolute atomic E-state index is 11.5. The first-order chi connectivity index (χ1) is 11.6. The number of nitro groups is 1. The minimum absolute atomic E-state index is 0.0725. The summed E-state index contributed by atoms with van der Waals surface area (Å²) in [5.41, 5.74) is -0.205. The maximum atomic E-state index is 11.5. The predicted molar refractivity (Wildman–Crippen MR) is 91.8 cm³/mol. The van der Waals surface area contributed by atoms with Crippen LogP contribution in [0.4, 0.5) is 17.3 Å². The molecule has 0 saturated heterocycles. The van der Waals surface area contributed by atoms with E-state index in [1.165, 1.54) is 24.3 Å². The Morgan fingerprint density at radius 2 is 1.88 bits per heavy atom. The van der Waals surface area contributed by atoms with Crippen molar-refractivity contribution in [1.29, 1.82) is 0 Å². The van der Waals surface area contributed by atoms with E-state index in [1.807, 2.05) is 30.3 Å². The molecule has 24 heavy (non-hydrogen) atoms. The van der Waals surface area contributed by atoms with E-state index >= 15 is 0 Å². The highest BCUT2D eigenvalue weighted by Gasteiger charge is 2.24. The van der Waals surface area contributed by atoms with Crippen LogP contribution in [-0.4, -0.2) is 19.9 Å². The van der Waals surface area contributed by atoms with Gasteiger partial charge in [-0.25, -0.2) is 15.0 Å². The average Bonchev–Trinajstić information content (AvgIpc) is 2.58. The standard InChI is InChI=1S/C15H10ClN5O2S/c16-10-6-7-12(17-8-10)20-14-13(21(22)23)15(19-9-18-14)24-11-4-2-1-3-5-11/h1-9H,(H,17,18,19,20). The van der Waals surface area contributed by atoms with E-state index < -0.39 is 4.92 Å². The van der Waals surface area contributed by atoms with Crippen LogP contribution in [0.5, 0.6) is 0 Å². The predicted octanol–water partition coefficient (Wildman–Crippen LogP) is 4.33. The fraction of sp³-hybridized carbons (Fsp3) is 0. The number of halogens is 1. The molecule has 0 saturated carbocycles. The van der Waals surface area contributed by atoms with Gasteiger partial charge in [0.1, 0.15) is 12.1 Å². The van der Waals surface area contributed by atoms with Crippen molar-refractivity contribution in [3.05, 3.63) is 70.1 Å². The monoisotopic (exact) mass is 359 g/mol. The molecule has 0 spiro atoms. The molecule has 0 unspecified atom stereocenters. The van der Waals surface area contributed by atoms with E-state index in [1.54, 1.807) is 12.1 Å². The highest BCUT2D eigenvalue weighted by atomic mass is 35.5. The minimum Gasteiger partial charge on any atom is -0.319 e. The van der Waals surface area contributed by atoms with Gasteiger partial charge in [-0.2, -0.15) is 0 Å². The Balaban J connectivity index is 1.96. The van der Waals surface area contributed by atoms with Crippen molar-refractivity contribution in [2.75, 3.05) is 5.32 Å². The van der Waals surface area contributed by atoms with Crippen LogP contribution in [-0.2, 0) is 0 Å². The normalized spacial score (nSPS) is 10.4. The van der Waals surface area contributed by atoms with Crippen molar-refractivity contribution in [3.8, 4) is 0 Å². The van der Waals surface area contributed by atoms with E-state index in [0.29, 0.717) is 10.8 Å². The number of nitrogens with zero attached hydrogens (tertiary/aromatic N) is 4. The van der Waals surface area contributed by atoms with Crippen LogP contribution in [0, 0.1) is 10.1 Å². The molecule has 3 aromatic rings. The molecular weight excluding hydrogens is 350 g/mol. The Kier molecular flexibility index (Phi) is 4.88. The van der Waals surface area contributed by atoms with Crippen molar-refractivity contribution in [1.82, 2.24) is 15.0 Å². The summed E-state index contributed by atoms with van der Waals surface area (Å²) in [7, 11) is 0. The van der Waals surface area contributed by atoms with E-state index in [-0.39, 0.29) is 16.5 Å². The second-order valence-electron chi connectivity index (χ2n) is 4.53. The van der Waals surface area contributed by atoms with Crippen molar-refractivity contribution in [3.63, 3.8) is 0 Å². The van der Waals surface area contributed by atoms with Crippen LogP contribution in [0.1, 0.15) is 0 Å². The molecule has 0 atom stereocenters. The third kappa shape index (κ3) is 3.79. The highest BCUT2D eigenvalue weighted by Crippen LogP contribution is 2.37. The molecule has 120 valence electrons. The van der Waals surface area contributed by atoms with Gasteiger partial charge in [0.15, 0.2) is 5.03 Å². The first-order valence-electron chi connectivity index (χ1n) is 6.74. The summed E-state index contributed by atoms with van der Waals surface area (Å²) in [6.45, 7) is 0. The first-order valence-corrected chi connectivity index (χ1v) is 7.94. The molecule has 0 aliphatic heterocycles. The summed E-state index contributed by atoms with van der Waals surface area (Å²) in [6.07, 6.45) is 2.72. The lowest BCUT2D eigenvalue weighted by Crippen LogP contribution is -2.03. The lowest BCUT2D eigenvalue weighted by atomic mass is 10.4. The molecular formula is C15H10ClN5O2S. The van der Waals surface area contributed by atoms with Crippen molar-refractivity contribution in [2.45, 2.75) is 9.92 Å². The number of aromatic nitrogens is 3. The number of hydrogen-bond acceptors (Lipinski definition) is 7. The zero-order valence-electron chi connectivity index (χ0n) is 12.1. The van der Waals surface area contributed by atoms with Crippen LogP contribution in [0.15, 0.2) is 64.9 Å². The van der Waals surface area contributed by atoms with Crippen LogP contribution >= 0.6 is 23.4 Å². The molecule has 3 rings (SSSR count). The summed E-state index contributed by atoms with van der Waals surface area (Å²) < 4.78 is 0. The van der Waals surface area contributed by atoms with Gasteiger partial charge < -0.3 is 5.32 Å². The minimum atomic E-state index is -0.510. The zero-order chi connectivity index (χ0) is 16.9. The average molecular weight is 360 g/mol. The van der Waals surface area contributed by atoms with Gasteiger partial charge in [-0.05, 0) is 24.3 Å². The Morgan fingerprint density at radius 1 is 1.08 bits per heavy atom. The van der Waals surface area contributed by atoms with Gasteiger partial charge in [-0.1, -0.05) is 41.6 Å². The molecule has 0 aliphatic carbocycles. The van der Waals surface area contributed by atoms with Crippen LogP contribution in [0.2, 0.25) is 5.02 Å². The van der Waals surface area contributed by atoms with Gasteiger partial charge in [0, 0.05) is 11.1 Å². The largest absolute Gasteiger partial charge is 0.343 e. The first kappa shape index (κ1) is 16.2. The van der Waals surface area contributed by atoms with Crippen LogP contribution in [0.3, 0.4) is 0 Å². The Morgan fingerprint density at radius 3 is 2.54 bits per heavy atom. The van der Waals surface area contributed by atoms with Gasteiger partial charge in [0.2, 0.25) is 5.82 Å². The number of pyridine rings is 1. The van der Waals surface area contributed by atoms with Crippen molar-refractivity contribution >= 4 is 40.7 Å². The molecule has 7 nitrogen and oxygen atoms in total. The summed E-state index contributed by atoms with van der Waals surface area (Å²) in [4.78, 5) is 23.9. The summed E-state index contributed by atoms with van der Waals surface area (Å²) >= 11 is 6.98. The number of benzene rings is 1.